The Labute approximate surface area is 171 Å². The maximum Gasteiger partial charge on any atom is 0.233 e. The van der Waals surface area contributed by atoms with Crippen molar-refractivity contribution in [3.63, 3.8) is 0 Å². The SMILES string of the molecule is CC(=O)c1ccc(N2CCN(C(=O)CSc3nccn4ccnc34)CC2)c(F)c1. The molecule has 29 heavy (non-hydrogen) atoms. The molecule has 9 heteroatoms. The maximum atomic E-state index is 14.4. The number of ketones is 1. The predicted molar refractivity (Wildman–Crippen MR) is 109 cm³/mol. The normalized spacial score (nSPS) is 14.4. The fraction of sp³-hybridized carbons (Fsp3) is 0.300. The highest BCUT2D eigenvalue weighted by atomic mass is 32.2. The van der Waals surface area contributed by atoms with Crippen molar-refractivity contribution in [1.29, 1.82) is 0 Å². The molecule has 0 bridgehead atoms. The molecule has 0 atom stereocenters. The first kappa shape index (κ1) is 19.4. The number of carbonyl (C=O) groups excluding carboxylic acids is 2. The zero-order chi connectivity index (χ0) is 20.4. The third-order valence-electron chi connectivity index (χ3n) is 4.94. The van der Waals surface area contributed by atoms with Crippen LogP contribution in [-0.4, -0.2) is 62.9 Å². The van der Waals surface area contributed by atoms with Gasteiger partial charge in [-0.15, -0.1) is 0 Å². The lowest BCUT2D eigenvalue weighted by atomic mass is 10.1. The fourth-order valence-electron chi connectivity index (χ4n) is 3.33. The van der Waals surface area contributed by atoms with E-state index in [1.54, 1.807) is 29.4 Å². The number of hydrogen-bond donors (Lipinski definition) is 0. The average Bonchev–Trinajstić information content (AvgIpc) is 3.21. The van der Waals surface area contributed by atoms with Crippen LogP contribution in [0, 0.1) is 5.82 Å². The molecule has 3 heterocycles. The number of aromatic nitrogens is 3. The minimum atomic E-state index is -0.410. The van der Waals surface area contributed by atoms with Crippen LogP contribution in [-0.2, 0) is 4.79 Å². The number of amides is 1. The minimum absolute atomic E-state index is 0.0254. The second kappa shape index (κ2) is 8.20. The second-order valence-electron chi connectivity index (χ2n) is 6.77. The number of carbonyl (C=O) groups is 2. The number of Topliss-reactive ketones (excluding diaryl/α,β-unsaturated/α-hetero) is 1. The summed E-state index contributed by atoms with van der Waals surface area (Å²) in [6.45, 7) is 3.55. The molecule has 2 aromatic heterocycles. The highest BCUT2D eigenvalue weighted by Crippen LogP contribution is 2.24. The molecule has 0 radical (unpaired) electrons. The van der Waals surface area contributed by atoms with E-state index in [4.69, 9.17) is 0 Å². The summed E-state index contributed by atoms with van der Waals surface area (Å²) in [7, 11) is 0. The Hall–Kier alpha value is -2.94. The Bertz CT molecular complexity index is 1060. The van der Waals surface area contributed by atoms with Gasteiger partial charge in [0.1, 0.15) is 10.8 Å². The minimum Gasteiger partial charge on any atom is -0.366 e. The van der Waals surface area contributed by atoms with Crippen molar-refractivity contribution in [2.24, 2.45) is 0 Å². The molecule has 150 valence electrons. The van der Waals surface area contributed by atoms with E-state index in [9.17, 15) is 14.0 Å². The summed E-state index contributed by atoms with van der Waals surface area (Å²) >= 11 is 1.37. The average molecular weight is 413 g/mol. The monoisotopic (exact) mass is 413 g/mol. The number of piperazine rings is 1. The molecule has 0 aliphatic carbocycles. The van der Waals surface area contributed by atoms with Crippen molar-refractivity contribution in [1.82, 2.24) is 19.3 Å². The standard InChI is InChI=1S/C20H20FN5O2S/c1-14(27)15-2-3-17(16(21)12-15)24-8-10-25(11-9-24)18(28)13-29-20-19-22-4-6-26(19)7-5-23-20/h2-7,12H,8-11,13H2,1H3. The lowest BCUT2D eigenvalue weighted by Crippen LogP contribution is -2.49. The molecule has 1 aromatic carbocycles. The largest absolute Gasteiger partial charge is 0.366 e. The molecule has 0 unspecified atom stereocenters. The molecule has 1 aliphatic heterocycles. The molecule has 1 aliphatic rings. The van der Waals surface area contributed by atoms with Crippen molar-refractivity contribution in [3.8, 4) is 0 Å². The van der Waals surface area contributed by atoms with Gasteiger partial charge in [0.15, 0.2) is 11.4 Å². The molecule has 7 nitrogen and oxygen atoms in total. The smallest absolute Gasteiger partial charge is 0.233 e. The van der Waals surface area contributed by atoms with Crippen LogP contribution in [0.4, 0.5) is 10.1 Å². The summed E-state index contributed by atoms with van der Waals surface area (Å²) in [6.07, 6.45) is 7.04. The van der Waals surface area contributed by atoms with Crippen LogP contribution in [0.25, 0.3) is 5.65 Å². The molecular formula is C20H20FN5O2S. The molecule has 3 aromatic rings. The number of rotatable bonds is 5. The van der Waals surface area contributed by atoms with Crippen LogP contribution in [0.15, 0.2) is 48.0 Å². The summed E-state index contributed by atoms with van der Waals surface area (Å²) < 4.78 is 16.2. The van der Waals surface area contributed by atoms with E-state index in [-0.39, 0.29) is 17.4 Å². The summed E-state index contributed by atoms with van der Waals surface area (Å²) in [4.78, 5) is 36.3. The third-order valence-corrected chi connectivity index (χ3v) is 5.89. The van der Waals surface area contributed by atoms with Gasteiger partial charge in [-0.1, -0.05) is 11.8 Å². The lowest BCUT2D eigenvalue weighted by Gasteiger charge is -2.36. The van der Waals surface area contributed by atoms with Crippen molar-refractivity contribution < 1.29 is 14.0 Å². The first-order valence-corrected chi connectivity index (χ1v) is 10.2. The number of nitrogens with zero attached hydrogens (tertiary/aromatic N) is 5. The molecule has 1 saturated heterocycles. The summed E-state index contributed by atoms with van der Waals surface area (Å²) in [6, 6.07) is 4.55. The highest BCUT2D eigenvalue weighted by molar-refractivity contribution is 8.00. The predicted octanol–water partition coefficient (Wildman–Crippen LogP) is 2.51. The van der Waals surface area contributed by atoms with Gasteiger partial charge >= 0.3 is 0 Å². The Balaban J connectivity index is 1.34. The third kappa shape index (κ3) is 4.09. The van der Waals surface area contributed by atoms with E-state index < -0.39 is 5.82 Å². The quantitative estimate of drug-likeness (QED) is 0.473. The Morgan fingerprint density at radius 2 is 1.83 bits per heavy atom. The molecule has 4 rings (SSSR count). The van der Waals surface area contributed by atoms with Gasteiger partial charge in [-0.25, -0.2) is 14.4 Å². The van der Waals surface area contributed by atoms with Gasteiger partial charge in [-0.2, -0.15) is 0 Å². The van der Waals surface area contributed by atoms with Crippen molar-refractivity contribution in [3.05, 3.63) is 54.4 Å². The van der Waals surface area contributed by atoms with E-state index in [1.165, 1.54) is 24.8 Å². The first-order chi connectivity index (χ1) is 14.0. The van der Waals surface area contributed by atoms with E-state index in [0.717, 1.165) is 10.7 Å². The van der Waals surface area contributed by atoms with Crippen LogP contribution < -0.4 is 4.90 Å². The van der Waals surface area contributed by atoms with Gasteiger partial charge in [0, 0.05) is 56.5 Å². The second-order valence-corrected chi connectivity index (χ2v) is 7.73. The molecule has 0 saturated carbocycles. The van der Waals surface area contributed by atoms with Crippen LogP contribution >= 0.6 is 11.8 Å². The van der Waals surface area contributed by atoms with E-state index in [1.807, 2.05) is 21.7 Å². The van der Waals surface area contributed by atoms with Crippen LogP contribution in [0.1, 0.15) is 17.3 Å². The van der Waals surface area contributed by atoms with Gasteiger partial charge < -0.3 is 14.2 Å². The Morgan fingerprint density at radius 1 is 1.10 bits per heavy atom. The number of imidazole rings is 1. The number of benzene rings is 1. The topological polar surface area (TPSA) is 70.8 Å². The molecule has 1 amide bonds. The number of anilines is 1. The zero-order valence-corrected chi connectivity index (χ0v) is 16.7. The van der Waals surface area contributed by atoms with Crippen molar-refractivity contribution in [2.45, 2.75) is 11.9 Å². The van der Waals surface area contributed by atoms with E-state index in [0.29, 0.717) is 37.4 Å². The number of thioether (sulfide) groups is 1. The van der Waals surface area contributed by atoms with Gasteiger partial charge in [-0.05, 0) is 25.1 Å². The van der Waals surface area contributed by atoms with E-state index in [2.05, 4.69) is 9.97 Å². The van der Waals surface area contributed by atoms with Crippen LogP contribution in [0.2, 0.25) is 0 Å². The Morgan fingerprint density at radius 3 is 2.52 bits per heavy atom. The first-order valence-electron chi connectivity index (χ1n) is 9.26. The summed E-state index contributed by atoms with van der Waals surface area (Å²) in [5.74, 6) is -0.269. The Kier molecular flexibility index (Phi) is 5.48. The number of fused-ring (bicyclic) bond motifs is 1. The van der Waals surface area contributed by atoms with Crippen molar-refractivity contribution in [2.75, 3.05) is 36.8 Å². The maximum absolute atomic E-state index is 14.4. The summed E-state index contributed by atoms with van der Waals surface area (Å²) in [5.41, 5.74) is 1.56. The summed E-state index contributed by atoms with van der Waals surface area (Å²) in [5, 5.41) is 0.720. The number of halogens is 1. The highest BCUT2D eigenvalue weighted by Gasteiger charge is 2.23. The van der Waals surface area contributed by atoms with Gasteiger partial charge in [0.25, 0.3) is 0 Å². The van der Waals surface area contributed by atoms with Crippen LogP contribution in [0.5, 0.6) is 0 Å². The lowest BCUT2D eigenvalue weighted by molar-refractivity contribution is -0.128. The molecule has 0 N–H and O–H groups in total. The van der Waals surface area contributed by atoms with Gasteiger partial charge in [0.2, 0.25) is 5.91 Å². The zero-order valence-electron chi connectivity index (χ0n) is 15.9. The number of hydrogen-bond acceptors (Lipinski definition) is 6. The van der Waals surface area contributed by atoms with Gasteiger partial charge in [0.05, 0.1) is 11.4 Å². The van der Waals surface area contributed by atoms with Crippen molar-refractivity contribution >= 4 is 34.8 Å². The molecule has 0 spiro atoms. The van der Waals surface area contributed by atoms with Crippen LogP contribution in [0.3, 0.4) is 0 Å². The molecule has 1 fully saturated rings. The fourth-order valence-corrected chi connectivity index (χ4v) is 4.20. The molecular weight excluding hydrogens is 393 g/mol. The van der Waals surface area contributed by atoms with E-state index >= 15 is 0 Å². The van der Waals surface area contributed by atoms with Gasteiger partial charge in [-0.3, -0.25) is 9.59 Å².